The van der Waals surface area contributed by atoms with Gasteiger partial charge in [-0.25, -0.2) is 0 Å². The predicted molar refractivity (Wildman–Crippen MR) is 58.3 cm³/mol. The fourth-order valence-electron chi connectivity index (χ4n) is 1.72. The van der Waals surface area contributed by atoms with Crippen molar-refractivity contribution in [1.82, 2.24) is 4.90 Å². The Labute approximate surface area is 94.9 Å². The van der Waals surface area contributed by atoms with Gasteiger partial charge in [-0.05, 0) is 13.8 Å². The second-order valence-electron chi connectivity index (χ2n) is 4.33. The Balaban J connectivity index is 2.70. The first-order valence-electron chi connectivity index (χ1n) is 5.35. The molecular formula is C10H19N3O3. The quantitative estimate of drug-likeness (QED) is 0.624. The molecule has 0 saturated carbocycles. The Kier molecular flexibility index (Phi) is 4.26. The van der Waals surface area contributed by atoms with E-state index in [1.54, 1.807) is 0 Å². The van der Waals surface area contributed by atoms with E-state index < -0.39 is 5.91 Å². The minimum absolute atomic E-state index is 0.0697. The molecular weight excluding hydrogens is 210 g/mol. The standard InChI is InChI=1S/C10H19N3O3/c1-6(2)13(3-9(12)14)10(15)7-4-16-5-8(7)11/h6-8H,3-5,11H2,1-2H3,(H2,12,14). The Bertz CT molecular complexity index is 280. The number of primary amides is 1. The molecule has 1 heterocycles. The van der Waals surface area contributed by atoms with Gasteiger partial charge in [0.25, 0.3) is 0 Å². The van der Waals surface area contributed by atoms with E-state index in [4.69, 9.17) is 16.2 Å². The van der Waals surface area contributed by atoms with Gasteiger partial charge in [0, 0.05) is 12.1 Å². The predicted octanol–water partition coefficient (Wildman–Crippen LogP) is -1.32. The first kappa shape index (κ1) is 12.9. The van der Waals surface area contributed by atoms with Gasteiger partial charge in [0.2, 0.25) is 11.8 Å². The number of ether oxygens (including phenoxy) is 1. The van der Waals surface area contributed by atoms with Crippen LogP contribution in [0.5, 0.6) is 0 Å². The Morgan fingerprint density at radius 2 is 2.06 bits per heavy atom. The van der Waals surface area contributed by atoms with E-state index in [0.29, 0.717) is 13.2 Å². The summed E-state index contributed by atoms with van der Waals surface area (Å²) in [6.45, 7) is 4.31. The van der Waals surface area contributed by atoms with E-state index in [0.717, 1.165) is 0 Å². The lowest BCUT2D eigenvalue weighted by molar-refractivity contribution is -0.140. The van der Waals surface area contributed by atoms with Gasteiger partial charge in [0.05, 0.1) is 25.7 Å². The zero-order valence-electron chi connectivity index (χ0n) is 9.68. The average molecular weight is 229 g/mol. The van der Waals surface area contributed by atoms with E-state index in [-0.39, 0.29) is 30.5 Å². The zero-order chi connectivity index (χ0) is 12.3. The van der Waals surface area contributed by atoms with E-state index in [1.165, 1.54) is 4.90 Å². The molecule has 0 radical (unpaired) electrons. The van der Waals surface area contributed by atoms with Crippen LogP contribution in [-0.4, -0.2) is 48.6 Å². The largest absolute Gasteiger partial charge is 0.379 e. The van der Waals surface area contributed by atoms with E-state index in [1.807, 2.05) is 13.8 Å². The van der Waals surface area contributed by atoms with Crippen LogP contribution in [-0.2, 0) is 14.3 Å². The lowest BCUT2D eigenvalue weighted by Crippen LogP contribution is -2.49. The van der Waals surface area contributed by atoms with Crippen LogP contribution in [0.15, 0.2) is 0 Å². The molecule has 1 aliphatic rings. The summed E-state index contributed by atoms with van der Waals surface area (Å²) in [6, 6.07) is -0.366. The van der Waals surface area contributed by atoms with Crippen LogP contribution in [0.1, 0.15) is 13.8 Å². The molecule has 2 atom stereocenters. The highest BCUT2D eigenvalue weighted by Gasteiger charge is 2.35. The first-order valence-corrected chi connectivity index (χ1v) is 5.35. The van der Waals surface area contributed by atoms with Crippen molar-refractivity contribution in [2.75, 3.05) is 19.8 Å². The van der Waals surface area contributed by atoms with E-state index in [9.17, 15) is 9.59 Å². The molecule has 0 aliphatic carbocycles. The van der Waals surface area contributed by atoms with E-state index >= 15 is 0 Å². The maximum Gasteiger partial charge on any atom is 0.237 e. The molecule has 4 N–H and O–H groups in total. The number of amides is 2. The molecule has 0 aromatic rings. The number of hydrogen-bond acceptors (Lipinski definition) is 4. The van der Waals surface area contributed by atoms with Gasteiger partial charge < -0.3 is 21.1 Å². The van der Waals surface area contributed by atoms with Gasteiger partial charge in [-0.3, -0.25) is 9.59 Å². The first-order chi connectivity index (χ1) is 7.43. The summed E-state index contributed by atoms with van der Waals surface area (Å²) >= 11 is 0. The van der Waals surface area contributed by atoms with Crippen LogP contribution >= 0.6 is 0 Å². The highest BCUT2D eigenvalue weighted by molar-refractivity contribution is 5.86. The van der Waals surface area contributed by atoms with Crippen LogP contribution in [0.3, 0.4) is 0 Å². The lowest BCUT2D eigenvalue weighted by Gasteiger charge is -2.28. The summed E-state index contributed by atoms with van der Waals surface area (Å²) < 4.78 is 5.14. The van der Waals surface area contributed by atoms with Crippen molar-refractivity contribution < 1.29 is 14.3 Å². The van der Waals surface area contributed by atoms with Gasteiger partial charge in [0.15, 0.2) is 0 Å². The zero-order valence-corrected chi connectivity index (χ0v) is 9.68. The van der Waals surface area contributed by atoms with Crippen molar-refractivity contribution in [3.63, 3.8) is 0 Å². The number of hydrogen-bond donors (Lipinski definition) is 2. The number of rotatable bonds is 4. The summed E-state index contributed by atoms with van der Waals surface area (Å²) in [6.07, 6.45) is 0. The second kappa shape index (κ2) is 5.27. The van der Waals surface area contributed by atoms with Crippen molar-refractivity contribution >= 4 is 11.8 Å². The molecule has 1 fully saturated rings. The molecule has 0 bridgehead atoms. The van der Waals surface area contributed by atoms with Crippen molar-refractivity contribution in [2.24, 2.45) is 17.4 Å². The molecule has 1 saturated heterocycles. The van der Waals surface area contributed by atoms with Gasteiger partial charge in [0.1, 0.15) is 0 Å². The van der Waals surface area contributed by atoms with Crippen LogP contribution in [0, 0.1) is 5.92 Å². The summed E-state index contributed by atoms with van der Waals surface area (Å²) in [5.41, 5.74) is 10.9. The minimum Gasteiger partial charge on any atom is -0.379 e. The Hall–Kier alpha value is -1.14. The summed E-state index contributed by atoms with van der Waals surface area (Å²) in [7, 11) is 0. The number of carbonyl (C=O) groups excluding carboxylic acids is 2. The van der Waals surface area contributed by atoms with Crippen molar-refractivity contribution in [3.8, 4) is 0 Å². The van der Waals surface area contributed by atoms with Crippen LogP contribution < -0.4 is 11.5 Å². The number of nitrogens with two attached hydrogens (primary N) is 2. The van der Waals surface area contributed by atoms with Crippen molar-refractivity contribution in [3.05, 3.63) is 0 Å². The maximum absolute atomic E-state index is 12.1. The molecule has 16 heavy (non-hydrogen) atoms. The molecule has 92 valence electrons. The highest BCUT2D eigenvalue weighted by atomic mass is 16.5. The summed E-state index contributed by atoms with van der Waals surface area (Å²) in [5.74, 6) is -1.03. The molecule has 0 aromatic heterocycles. The van der Waals surface area contributed by atoms with Gasteiger partial charge >= 0.3 is 0 Å². The molecule has 2 unspecified atom stereocenters. The van der Waals surface area contributed by atoms with Crippen molar-refractivity contribution in [2.45, 2.75) is 25.9 Å². The van der Waals surface area contributed by atoms with Crippen LogP contribution in [0.2, 0.25) is 0 Å². The number of nitrogens with zero attached hydrogens (tertiary/aromatic N) is 1. The van der Waals surface area contributed by atoms with Gasteiger partial charge in [-0.15, -0.1) is 0 Å². The normalized spacial score (nSPS) is 24.8. The van der Waals surface area contributed by atoms with Gasteiger partial charge in [-0.2, -0.15) is 0 Å². The molecule has 0 spiro atoms. The Morgan fingerprint density at radius 1 is 1.44 bits per heavy atom. The third kappa shape index (κ3) is 2.93. The third-order valence-electron chi connectivity index (χ3n) is 2.67. The molecule has 0 aromatic carbocycles. The average Bonchev–Trinajstić information content (AvgIpc) is 2.59. The summed E-state index contributed by atoms with van der Waals surface area (Å²) in [4.78, 5) is 24.4. The monoisotopic (exact) mass is 229 g/mol. The number of carbonyl (C=O) groups is 2. The fourth-order valence-corrected chi connectivity index (χ4v) is 1.72. The van der Waals surface area contributed by atoms with Gasteiger partial charge in [-0.1, -0.05) is 0 Å². The molecule has 6 nitrogen and oxygen atoms in total. The Morgan fingerprint density at radius 3 is 2.44 bits per heavy atom. The van der Waals surface area contributed by atoms with Crippen molar-refractivity contribution in [1.29, 1.82) is 0 Å². The van der Waals surface area contributed by atoms with E-state index in [2.05, 4.69) is 0 Å². The third-order valence-corrected chi connectivity index (χ3v) is 2.67. The topological polar surface area (TPSA) is 98.6 Å². The van der Waals surface area contributed by atoms with Crippen LogP contribution in [0.4, 0.5) is 0 Å². The maximum atomic E-state index is 12.1. The summed E-state index contributed by atoms with van der Waals surface area (Å²) in [5, 5.41) is 0. The SMILES string of the molecule is CC(C)N(CC(N)=O)C(=O)C1COCC1N. The van der Waals surface area contributed by atoms with Crippen LogP contribution in [0.25, 0.3) is 0 Å². The molecule has 6 heteroatoms. The minimum atomic E-state index is -0.519. The molecule has 1 rings (SSSR count). The highest BCUT2D eigenvalue weighted by Crippen LogP contribution is 2.16. The molecule has 2 amide bonds. The smallest absolute Gasteiger partial charge is 0.237 e. The lowest BCUT2D eigenvalue weighted by atomic mass is 10.0. The fraction of sp³-hybridized carbons (Fsp3) is 0.800. The second-order valence-corrected chi connectivity index (χ2v) is 4.33. The molecule has 1 aliphatic heterocycles.